The Hall–Kier alpha value is -0.120. The highest BCUT2D eigenvalue weighted by atomic mass is 16.5. The molecule has 0 bridgehead atoms. The SMILES string of the molecule is CC(C)OC1CCC(OC2CCN(C(C)C)CC2)C1. The first-order valence-corrected chi connectivity index (χ1v) is 8.09. The van der Waals surface area contributed by atoms with Gasteiger partial charge in [0.1, 0.15) is 0 Å². The lowest BCUT2D eigenvalue weighted by Gasteiger charge is -2.35. The molecule has 1 aliphatic heterocycles. The molecule has 19 heavy (non-hydrogen) atoms. The Morgan fingerprint density at radius 3 is 2.05 bits per heavy atom. The van der Waals surface area contributed by atoms with Gasteiger partial charge in [-0.25, -0.2) is 0 Å². The Kier molecular flexibility index (Phi) is 5.67. The van der Waals surface area contributed by atoms with Crippen molar-refractivity contribution in [1.82, 2.24) is 4.90 Å². The lowest BCUT2D eigenvalue weighted by Crippen LogP contribution is -2.41. The summed E-state index contributed by atoms with van der Waals surface area (Å²) in [4.78, 5) is 2.55. The Bertz CT molecular complexity index is 259. The van der Waals surface area contributed by atoms with Crippen LogP contribution in [0.25, 0.3) is 0 Å². The monoisotopic (exact) mass is 269 g/mol. The zero-order valence-electron chi connectivity index (χ0n) is 13.1. The third-order valence-corrected chi connectivity index (χ3v) is 4.39. The van der Waals surface area contributed by atoms with E-state index >= 15 is 0 Å². The first-order valence-electron chi connectivity index (χ1n) is 8.09. The van der Waals surface area contributed by atoms with Crippen LogP contribution in [0.1, 0.15) is 59.8 Å². The van der Waals surface area contributed by atoms with Crippen molar-refractivity contribution in [2.45, 2.75) is 90.3 Å². The van der Waals surface area contributed by atoms with E-state index in [1.807, 2.05) is 0 Å². The van der Waals surface area contributed by atoms with Crippen LogP contribution in [0.2, 0.25) is 0 Å². The van der Waals surface area contributed by atoms with E-state index in [1.54, 1.807) is 0 Å². The fraction of sp³-hybridized carbons (Fsp3) is 1.00. The van der Waals surface area contributed by atoms with Crippen molar-refractivity contribution in [3.8, 4) is 0 Å². The normalized spacial score (nSPS) is 30.6. The molecule has 1 heterocycles. The summed E-state index contributed by atoms with van der Waals surface area (Å²) >= 11 is 0. The van der Waals surface area contributed by atoms with Crippen LogP contribution in [0.4, 0.5) is 0 Å². The summed E-state index contributed by atoms with van der Waals surface area (Å²) in [5.41, 5.74) is 0. The van der Waals surface area contributed by atoms with Gasteiger partial charge in [-0.15, -0.1) is 0 Å². The molecule has 2 fully saturated rings. The van der Waals surface area contributed by atoms with Crippen LogP contribution in [0.5, 0.6) is 0 Å². The molecule has 2 rings (SSSR count). The number of hydrogen-bond acceptors (Lipinski definition) is 3. The Labute approximate surface area is 118 Å². The highest BCUT2D eigenvalue weighted by molar-refractivity contribution is 4.81. The molecular weight excluding hydrogens is 238 g/mol. The van der Waals surface area contributed by atoms with Gasteiger partial charge in [-0.3, -0.25) is 0 Å². The topological polar surface area (TPSA) is 21.7 Å². The maximum atomic E-state index is 6.29. The van der Waals surface area contributed by atoms with Gasteiger partial charge in [-0.05, 0) is 59.8 Å². The second-order valence-corrected chi connectivity index (χ2v) is 6.71. The summed E-state index contributed by atoms with van der Waals surface area (Å²) in [7, 11) is 0. The molecule has 1 saturated carbocycles. The third kappa shape index (κ3) is 4.73. The molecule has 2 atom stereocenters. The lowest BCUT2D eigenvalue weighted by atomic mass is 10.1. The van der Waals surface area contributed by atoms with Gasteiger partial charge in [0, 0.05) is 19.1 Å². The van der Waals surface area contributed by atoms with Crippen LogP contribution in [0, 0.1) is 0 Å². The van der Waals surface area contributed by atoms with Crippen LogP contribution < -0.4 is 0 Å². The lowest BCUT2D eigenvalue weighted by molar-refractivity contribution is -0.0542. The van der Waals surface area contributed by atoms with E-state index in [4.69, 9.17) is 9.47 Å². The largest absolute Gasteiger partial charge is 0.375 e. The predicted octanol–water partition coefficient (Wildman–Crippen LogP) is 3.22. The fourth-order valence-corrected chi connectivity index (χ4v) is 3.33. The van der Waals surface area contributed by atoms with Crippen molar-refractivity contribution in [3.05, 3.63) is 0 Å². The Morgan fingerprint density at radius 2 is 1.47 bits per heavy atom. The van der Waals surface area contributed by atoms with Crippen molar-refractivity contribution < 1.29 is 9.47 Å². The van der Waals surface area contributed by atoms with Crippen molar-refractivity contribution in [3.63, 3.8) is 0 Å². The average Bonchev–Trinajstić information content (AvgIpc) is 2.76. The molecule has 0 aromatic rings. The summed E-state index contributed by atoms with van der Waals surface area (Å²) in [6, 6.07) is 0.677. The summed E-state index contributed by atoms with van der Waals surface area (Å²) in [5.74, 6) is 0. The summed E-state index contributed by atoms with van der Waals surface area (Å²) in [6.45, 7) is 11.2. The number of hydrogen-bond donors (Lipinski definition) is 0. The third-order valence-electron chi connectivity index (χ3n) is 4.39. The smallest absolute Gasteiger partial charge is 0.0604 e. The Balaban J connectivity index is 1.66. The van der Waals surface area contributed by atoms with E-state index < -0.39 is 0 Å². The van der Waals surface area contributed by atoms with Gasteiger partial charge in [0.15, 0.2) is 0 Å². The molecule has 1 saturated heterocycles. The average molecular weight is 269 g/mol. The fourth-order valence-electron chi connectivity index (χ4n) is 3.33. The molecule has 2 unspecified atom stereocenters. The van der Waals surface area contributed by atoms with Gasteiger partial charge in [-0.1, -0.05) is 0 Å². The van der Waals surface area contributed by atoms with E-state index in [9.17, 15) is 0 Å². The van der Waals surface area contributed by atoms with Crippen molar-refractivity contribution >= 4 is 0 Å². The molecule has 0 aromatic carbocycles. The summed E-state index contributed by atoms with van der Waals surface area (Å²) < 4.78 is 12.2. The Morgan fingerprint density at radius 1 is 0.842 bits per heavy atom. The number of piperidine rings is 1. The maximum Gasteiger partial charge on any atom is 0.0604 e. The molecule has 112 valence electrons. The van der Waals surface area contributed by atoms with Crippen LogP contribution >= 0.6 is 0 Å². The zero-order chi connectivity index (χ0) is 13.8. The highest BCUT2D eigenvalue weighted by Gasteiger charge is 2.30. The maximum absolute atomic E-state index is 6.29. The van der Waals surface area contributed by atoms with Crippen LogP contribution in [0.15, 0.2) is 0 Å². The quantitative estimate of drug-likeness (QED) is 0.765. The predicted molar refractivity (Wildman–Crippen MR) is 78.5 cm³/mol. The molecule has 3 heteroatoms. The highest BCUT2D eigenvalue weighted by Crippen LogP contribution is 2.28. The first kappa shape index (κ1) is 15.3. The van der Waals surface area contributed by atoms with E-state index in [2.05, 4.69) is 32.6 Å². The van der Waals surface area contributed by atoms with Gasteiger partial charge >= 0.3 is 0 Å². The molecule has 1 aliphatic carbocycles. The second kappa shape index (κ2) is 7.05. The van der Waals surface area contributed by atoms with E-state index in [1.165, 1.54) is 38.8 Å². The van der Waals surface area contributed by atoms with E-state index in [0.29, 0.717) is 30.5 Å². The number of ether oxygens (including phenoxy) is 2. The van der Waals surface area contributed by atoms with Crippen LogP contribution in [-0.4, -0.2) is 48.4 Å². The van der Waals surface area contributed by atoms with Gasteiger partial charge in [-0.2, -0.15) is 0 Å². The molecule has 0 radical (unpaired) electrons. The van der Waals surface area contributed by atoms with Crippen LogP contribution in [-0.2, 0) is 9.47 Å². The summed E-state index contributed by atoms with van der Waals surface area (Å²) in [5, 5.41) is 0. The van der Waals surface area contributed by atoms with Gasteiger partial charge in [0.05, 0.1) is 24.4 Å². The molecule has 0 aromatic heterocycles. The number of nitrogens with zero attached hydrogens (tertiary/aromatic N) is 1. The molecule has 2 aliphatic rings. The van der Waals surface area contributed by atoms with Crippen molar-refractivity contribution in [2.75, 3.05) is 13.1 Å². The second-order valence-electron chi connectivity index (χ2n) is 6.71. The molecule has 0 N–H and O–H groups in total. The molecule has 0 spiro atoms. The van der Waals surface area contributed by atoms with Crippen molar-refractivity contribution in [1.29, 1.82) is 0 Å². The molecular formula is C16H31NO2. The van der Waals surface area contributed by atoms with Gasteiger partial charge in [0.2, 0.25) is 0 Å². The van der Waals surface area contributed by atoms with Gasteiger partial charge < -0.3 is 14.4 Å². The van der Waals surface area contributed by atoms with E-state index in [-0.39, 0.29) is 0 Å². The van der Waals surface area contributed by atoms with E-state index in [0.717, 1.165) is 6.42 Å². The standard InChI is InChI=1S/C16H31NO2/c1-12(2)17-9-7-14(8-10-17)19-16-6-5-15(11-16)18-13(3)4/h12-16H,5-11H2,1-4H3. The minimum atomic E-state index is 0.345. The van der Waals surface area contributed by atoms with Crippen LogP contribution in [0.3, 0.4) is 0 Å². The first-order chi connectivity index (χ1) is 9.04. The summed E-state index contributed by atoms with van der Waals surface area (Å²) in [6.07, 6.45) is 7.56. The minimum absolute atomic E-state index is 0.345. The molecule has 3 nitrogen and oxygen atoms in total. The van der Waals surface area contributed by atoms with Crippen molar-refractivity contribution in [2.24, 2.45) is 0 Å². The zero-order valence-corrected chi connectivity index (χ0v) is 13.1. The molecule has 0 amide bonds. The number of likely N-dealkylation sites (tertiary alicyclic amines) is 1. The minimum Gasteiger partial charge on any atom is -0.375 e. The van der Waals surface area contributed by atoms with Gasteiger partial charge in [0.25, 0.3) is 0 Å². The number of rotatable bonds is 5.